The summed E-state index contributed by atoms with van der Waals surface area (Å²) in [6.07, 6.45) is 5.38. The number of aromatic nitrogens is 5. The summed E-state index contributed by atoms with van der Waals surface area (Å²) in [6.45, 7) is 4.81. The van der Waals surface area contributed by atoms with Gasteiger partial charge in [0.1, 0.15) is 5.56 Å². The predicted molar refractivity (Wildman–Crippen MR) is 130 cm³/mol. The van der Waals surface area contributed by atoms with Crippen LogP contribution in [0.2, 0.25) is 0 Å². The fourth-order valence-corrected chi connectivity index (χ4v) is 4.31. The van der Waals surface area contributed by atoms with Gasteiger partial charge in [0.15, 0.2) is 11.5 Å². The molecule has 0 unspecified atom stereocenters. The Morgan fingerprint density at radius 3 is 2.54 bits per heavy atom. The Bertz CT molecular complexity index is 1540. The molecule has 0 saturated carbocycles. The van der Waals surface area contributed by atoms with Crippen molar-refractivity contribution in [1.82, 2.24) is 24.3 Å². The molecule has 2 aromatic carbocycles. The summed E-state index contributed by atoms with van der Waals surface area (Å²) in [4.78, 5) is 26.6. The third kappa shape index (κ3) is 4.28. The predicted octanol–water partition coefficient (Wildman–Crippen LogP) is 4.32. The number of benzene rings is 2. The van der Waals surface area contributed by atoms with E-state index < -0.39 is 5.76 Å². The molecule has 0 fully saturated rings. The topological polar surface area (TPSA) is 107 Å². The molecule has 0 aliphatic carbocycles. The van der Waals surface area contributed by atoms with Gasteiger partial charge in [-0.15, -0.1) is 0 Å². The fraction of sp³-hybridized carbons (Fsp3) is 0.231. The zero-order valence-corrected chi connectivity index (χ0v) is 19.5. The van der Waals surface area contributed by atoms with Crippen molar-refractivity contribution < 1.29 is 14.1 Å². The molecule has 1 N–H and O–H groups in total. The van der Waals surface area contributed by atoms with Gasteiger partial charge in [0.05, 0.1) is 19.0 Å². The Morgan fingerprint density at radius 1 is 1.09 bits per heavy atom. The monoisotopic (exact) mass is 471 g/mol. The Kier molecular flexibility index (Phi) is 6.05. The number of aryl methyl sites for hydroxylation is 1. The molecular weight excluding hydrogens is 446 g/mol. The summed E-state index contributed by atoms with van der Waals surface area (Å²) < 4.78 is 13.8. The Balaban J connectivity index is 1.50. The van der Waals surface area contributed by atoms with Gasteiger partial charge < -0.3 is 9.30 Å². The number of ether oxygens (including phenoxy) is 1. The summed E-state index contributed by atoms with van der Waals surface area (Å²) in [5.41, 5.74) is 6.06. The minimum atomic E-state index is -0.590. The highest BCUT2D eigenvalue weighted by molar-refractivity contribution is 5.96. The number of nitrogens with zero attached hydrogens (tertiary/aromatic N) is 4. The van der Waals surface area contributed by atoms with Crippen LogP contribution in [0.1, 0.15) is 41.9 Å². The van der Waals surface area contributed by atoms with Crippen molar-refractivity contribution >= 4 is 11.6 Å². The fourth-order valence-electron chi connectivity index (χ4n) is 4.31. The number of imidazole rings is 1. The first-order chi connectivity index (χ1) is 17.1. The number of fused-ring (bicyclic) bond motifs is 1. The van der Waals surface area contributed by atoms with E-state index in [9.17, 15) is 9.59 Å². The van der Waals surface area contributed by atoms with Crippen molar-refractivity contribution in [1.29, 1.82) is 0 Å². The van der Waals surface area contributed by atoms with Gasteiger partial charge in [-0.25, -0.2) is 14.1 Å². The lowest BCUT2D eigenvalue weighted by atomic mass is 9.98. The van der Waals surface area contributed by atoms with Crippen molar-refractivity contribution in [3.8, 4) is 22.5 Å². The number of H-pyrrole nitrogens is 1. The van der Waals surface area contributed by atoms with Crippen LogP contribution >= 0.6 is 0 Å². The van der Waals surface area contributed by atoms with Crippen LogP contribution < -0.4 is 5.76 Å². The maximum absolute atomic E-state index is 12.5. The van der Waals surface area contributed by atoms with Crippen LogP contribution in [0, 0.1) is 0 Å². The van der Waals surface area contributed by atoms with Gasteiger partial charge in [-0.05, 0) is 30.0 Å². The van der Waals surface area contributed by atoms with E-state index in [1.54, 1.807) is 17.6 Å². The average molecular weight is 472 g/mol. The van der Waals surface area contributed by atoms with Gasteiger partial charge in [0, 0.05) is 17.8 Å². The van der Waals surface area contributed by atoms with E-state index in [0.717, 1.165) is 46.4 Å². The zero-order valence-electron chi connectivity index (χ0n) is 19.5. The van der Waals surface area contributed by atoms with Crippen LogP contribution in [-0.2, 0) is 17.7 Å². The van der Waals surface area contributed by atoms with Gasteiger partial charge in [0.2, 0.25) is 0 Å². The number of rotatable bonds is 8. The number of carbonyl (C=O) groups is 1. The lowest BCUT2D eigenvalue weighted by molar-refractivity contribution is 0.0528. The van der Waals surface area contributed by atoms with Gasteiger partial charge in [-0.3, -0.25) is 9.51 Å². The average Bonchev–Trinajstić information content (AvgIpc) is 3.57. The summed E-state index contributed by atoms with van der Waals surface area (Å²) in [6, 6.07) is 15.9. The Hall–Kier alpha value is -4.40. The smallest absolute Gasteiger partial charge is 0.439 e. The highest BCUT2D eigenvalue weighted by Crippen LogP contribution is 2.30. The second-order valence-electron chi connectivity index (χ2n) is 8.19. The number of aromatic amines is 1. The normalized spacial score (nSPS) is 11.3. The number of hydrogen-bond donors (Lipinski definition) is 1. The van der Waals surface area contributed by atoms with Crippen LogP contribution in [0.3, 0.4) is 0 Å². The minimum Gasteiger partial charge on any atom is -0.462 e. The van der Waals surface area contributed by atoms with Crippen molar-refractivity contribution in [2.45, 2.75) is 33.2 Å². The number of esters is 1. The Labute approximate surface area is 201 Å². The van der Waals surface area contributed by atoms with Crippen molar-refractivity contribution in [3.05, 3.63) is 88.3 Å². The molecule has 35 heavy (non-hydrogen) atoms. The van der Waals surface area contributed by atoms with Crippen LogP contribution in [0.4, 0.5) is 0 Å². The minimum absolute atomic E-state index is 0.309. The first-order valence-corrected chi connectivity index (χ1v) is 11.6. The molecule has 0 aliphatic rings. The van der Waals surface area contributed by atoms with Gasteiger partial charge in [-0.2, -0.15) is 5.10 Å². The molecule has 9 heteroatoms. The number of nitrogens with one attached hydrogen (secondary N) is 1. The van der Waals surface area contributed by atoms with Gasteiger partial charge in [0.25, 0.3) is 0 Å². The Morgan fingerprint density at radius 2 is 1.86 bits per heavy atom. The maximum atomic E-state index is 12.5. The number of carbonyl (C=O) groups excluding carboxylic acids is 1. The van der Waals surface area contributed by atoms with E-state index >= 15 is 0 Å². The largest absolute Gasteiger partial charge is 0.462 e. The lowest BCUT2D eigenvalue weighted by Gasteiger charge is -2.12. The van der Waals surface area contributed by atoms with E-state index in [1.165, 1.54) is 0 Å². The van der Waals surface area contributed by atoms with E-state index in [2.05, 4.69) is 43.4 Å². The van der Waals surface area contributed by atoms with Crippen LogP contribution in [-0.4, -0.2) is 36.9 Å². The second kappa shape index (κ2) is 9.46. The van der Waals surface area contributed by atoms with E-state index in [0.29, 0.717) is 24.5 Å². The molecule has 0 saturated heterocycles. The summed E-state index contributed by atoms with van der Waals surface area (Å²) in [5, 5.41) is 8.21. The lowest BCUT2D eigenvalue weighted by Crippen LogP contribution is -2.09. The molecule has 0 spiro atoms. The molecule has 178 valence electrons. The quantitative estimate of drug-likeness (QED) is 0.338. The second-order valence-corrected chi connectivity index (χ2v) is 8.19. The van der Waals surface area contributed by atoms with Crippen molar-refractivity contribution in [3.63, 3.8) is 0 Å². The highest BCUT2D eigenvalue weighted by Gasteiger charge is 2.20. The standard InChI is InChI=1S/C26H25N5O4/c1-3-7-19-16-31-24(22(14-27-31)25(32)34-4-2)30(19)15-17-10-12-18(13-11-17)20-8-5-6-9-21(20)23-28-26(33)35-29-23/h5-6,8-14,16H,3-4,7,15H2,1-2H3,(H,28,29,33). The molecule has 0 radical (unpaired) electrons. The van der Waals surface area contributed by atoms with Crippen LogP contribution in [0.15, 0.2) is 70.2 Å². The summed E-state index contributed by atoms with van der Waals surface area (Å²) in [7, 11) is 0. The summed E-state index contributed by atoms with van der Waals surface area (Å²) in [5.74, 6) is -0.572. The van der Waals surface area contributed by atoms with E-state index in [1.807, 2.05) is 42.6 Å². The molecule has 3 heterocycles. The first kappa shape index (κ1) is 22.4. The first-order valence-electron chi connectivity index (χ1n) is 11.6. The zero-order chi connectivity index (χ0) is 24.4. The molecule has 0 aliphatic heterocycles. The molecule has 5 rings (SSSR count). The van der Waals surface area contributed by atoms with Gasteiger partial charge >= 0.3 is 11.7 Å². The molecule has 0 amide bonds. The van der Waals surface area contributed by atoms with E-state index in [4.69, 9.17) is 4.74 Å². The van der Waals surface area contributed by atoms with Crippen LogP contribution in [0.25, 0.3) is 28.2 Å². The molecule has 5 aromatic rings. The van der Waals surface area contributed by atoms with Gasteiger partial charge in [-0.1, -0.05) is 67.0 Å². The highest BCUT2D eigenvalue weighted by atomic mass is 16.5. The third-order valence-corrected chi connectivity index (χ3v) is 5.87. The third-order valence-electron chi connectivity index (χ3n) is 5.87. The molecule has 0 atom stereocenters. The maximum Gasteiger partial charge on any atom is 0.439 e. The van der Waals surface area contributed by atoms with Crippen LogP contribution in [0.5, 0.6) is 0 Å². The van der Waals surface area contributed by atoms with Crippen molar-refractivity contribution in [2.24, 2.45) is 0 Å². The molecule has 9 nitrogen and oxygen atoms in total. The molecular formula is C26H25N5O4. The van der Waals surface area contributed by atoms with Crippen molar-refractivity contribution in [2.75, 3.05) is 6.61 Å². The van der Waals surface area contributed by atoms with E-state index in [-0.39, 0.29) is 5.97 Å². The molecule has 3 aromatic heterocycles. The SMILES string of the molecule is CCCc1cn2ncc(C(=O)OCC)c2n1Cc1ccc(-c2ccccc2-c2noc(=O)[nH]2)cc1. The summed E-state index contributed by atoms with van der Waals surface area (Å²) >= 11 is 0. The number of hydrogen-bond acceptors (Lipinski definition) is 6. The molecule has 0 bridgehead atoms.